The Morgan fingerprint density at radius 2 is 2.09 bits per heavy atom. The molecule has 0 fully saturated rings. The second-order valence-electron chi connectivity index (χ2n) is 2.22. The molecule has 3 heteroatoms. The van der Waals surface area contributed by atoms with E-state index >= 15 is 0 Å². The van der Waals surface area contributed by atoms with Crippen LogP contribution in [0.15, 0.2) is 34.7 Å². The topological polar surface area (TPSA) is 3.24 Å². The van der Waals surface area contributed by atoms with E-state index in [2.05, 4.69) is 36.7 Å². The fourth-order valence-corrected chi connectivity index (χ4v) is 2.75. The number of halogens is 2. The van der Waals surface area contributed by atoms with Gasteiger partial charge in [0.15, 0.2) is 0 Å². The van der Waals surface area contributed by atoms with Crippen LogP contribution in [0.2, 0.25) is 0 Å². The molecule has 0 saturated carbocycles. The predicted octanol–water partition coefficient (Wildman–Crippen LogP) is -0.0818. The van der Waals surface area contributed by atoms with E-state index in [9.17, 15) is 0 Å². The van der Waals surface area contributed by atoms with E-state index in [1.165, 1.54) is 3.70 Å². The van der Waals surface area contributed by atoms with Crippen molar-refractivity contribution in [1.82, 2.24) is 4.90 Å². The van der Waals surface area contributed by atoms with Gasteiger partial charge in [0, 0.05) is 0 Å². The zero-order valence-electron chi connectivity index (χ0n) is 6.77. The summed E-state index contributed by atoms with van der Waals surface area (Å²) in [6.07, 6.45) is 3.99. The number of rotatable bonds is 4. The Kier molecular flexibility index (Phi) is 6.31. The minimum absolute atomic E-state index is 0.0926. The van der Waals surface area contributed by atoms with Gasteiger partial charge < -0.3 is 0 Å². The second-order valence-corrected chi connectivity index (χ2v) is 6.61. The first-order chi connectivity index (χ1) is 5.07. The third kappa shape index (κ3) is 5.72. The molecule has 0 saturated heterocycles. The molecule has 0 aliphatic carbocycles. The van der Waals surface area contributed by atoms with Crippen molar-refractivity contribution in [1.29, 1.82) is 0 Å². The van der Waals surface area contributed by atoms with Gasteiger partial charge in [-0.25, -0.2) is 0 Å². The van der Waals surface area contributed by atoms with Crippen LogP contribution in [0.5, 0.6) is 0 Å². The van der Waals surface area contributed by atoms with Gasteiger partial charge in [0.2, 0.25) is 0 Å². The van der Waals surface area contributed by atoms with Crippen LogP contribution < -0.4 is 17.2 Å². The first kappa shape index (κ1) is 11.5. The summed E-state index contributed by atoms with van der Waals surface area (Å²) < 4.78 is 1.21. The van der Waals surface area contributed by atoms with Crippen LogP contribution in [0, 0.1) is 0 Å². The molecular weight excluding hydrogens is 364 g/mol. The molecule has 11 heavy (non-hydrogen) atoms. The monoisotopic (exact) mass is 376 g/mol. The van der Waals surface area contributed by atoms with Crippen molar-refractivity contribution >= 4 is 18.6 Å². The van der Waals surface area contributed by atoms with E-state index < -0.39 is 0 Å². The van der Waals surface area contributed by atoms with Crippen LogP contribution in [0.3, 0.4) is 0 Å². The van der Waals surface area contributed by atoms with Crippen LogP contribution in [0.1, 0.15) is 6.92 Å². The van der Waals surface area contributed by atoms with Gasteiger partial charge >= 0.3 is 89.4 Å². The molecule has 0 rings (SSSR count). The number of allylic oxidation sites excluding steroid dienone is 2. The van der Waals surface area contributed by atoms with Crippen molar-refractivity contribution in [2.24, 2.45) is 0 Å². The van der Waals surface area contributed by atoms with Gasteiger partial charge in [-0.1, -0.05) is 0 Å². The van der Waals surface area contributed by atoms with Gasteiger partial charge in [0.05, 0.1) is 0 Å². The Bertz CT molecular complexity index is 185. The quantitative estimate of drug-likeness (QED) is 0.377. The average Bonchev–Trinajstić information content (AvgIpc) is 1.98. The summed E-state index contributed by atoms with van der Waals surface area (Å²) in [6.45, 7) is 9.69. The molecule has 0 radical (unpaired) electrons. The molecule has 0 aromatic rings. The molecule has 0 spiro atoms. The van der Waals surface area contributed by atoms with E-state index in [0.29, 0.717) is 0 Å². The van der Waals surface area contributed by atoms with Gasteiger partial charge in [-0.2, -0.15) is 0 Å². The van der Waals surface area contributed by atoms with Crippen molar-refractivity contribution in [2.75, 3.05) is 7.05 Å². The van der Waals surface area contributed by atoms with Crippen LogP contribution in [0.4, 0.5) is 0 Å². The molecule has 0 aromatic carbocycles. The van der Waals surface area contributed by atoms with E-state index in [1.807, 2.05) is 26.2 Å². The Labute approximate surface area is 88.7 Å². The van der Waals surface area contributed by atoms with E-state index in [0.717, 1.165) is 5.57 Å². The Balaban J connectivity index is 3.95. The van der Waals surface area contributed by atoms with E-state index in [1.54, 1.807) is 0 Å². The summed E-state index contributed by atoms with van der Waals surface area (Å²) in [6, 6.07) is 0. The maximum atomic E-state index is 3.94. The summed E-state index contributed by atoms with van der Waals surface area (Å²) in [4.78, 5) is 2.05. The average molecular weight is 376 g/mol. The standard InChI is InChI=1S/C8H12I2N/c1-7(2)5-6-11(4)8(3)10-9/h5-6H,1,3H2,2,4H3/q-1/b6-5-. The van der Waals surface area contributed by atoms with Crippen molar-refractivity contribution in [3.8, 4) is 0 Å². The van der Waals surface area contributed by atoms with Gasteiger partial charge in [-0.3, -0.25) is 0 Å². The fraction of sp³-hybridized carbons (Fsp3) is 0.250. The zero-order valence-corrected chi connectivity index (χ0v) is 11.1. The zero-order chi connectivity index (χ0) is 8.85. The summed E-state index contributed by atoms with van der Waals surface area (Å²) in [5.41, 5.74) is 1.07. The summed E-state index contributed by atoms with van der Waals surface area (Å²) in [7, 11) is 2.01. The summed E-state index contributed by atoms with van der Waals surface area (Å²) in [5.74, 6) is 0. The SMILES string of the molecule is C=C(C)/C=C\N(C)C(=C)[I-]I. The molecule has 0 aliphatic rings. The molecule has 1 nitrogen and oxygen atoms in total. The molecule has 0 aromatic heterocycles. The first-order valence-corrected chi connectivity index (χ1v) is 10.5. The Morgan fingerprint density at radius 3 is 2.45 bits per heavy atom. The van der Waals surface area contributed by atoms with Gasteiger partial charge in [-0.15, -0.1) is 0 Å². The van der Waals surface area contributed by atoms with Gasteiger partial charge in [-0.05, 0) is 0 Å². The molecular formula is C8H12I2N-. The predicted molar refractivity (Wildman–Crippen MR) is 54.9 cm³/mol. The molecule has 0 N–H and O–H groups in total. The van der Waals surface area contributed by atoms with Crippen molar-refractivity contribution in [3.63, 3.8) is 0 Å². The number of hydrogen-bond donors (Lipinski definition) is 0. The molecule has 64 valence electrons. The van der Waals surface area contributed by atoms with Crippen molar-refractivity contribution in [3.05, 3.63) is 34.7 Å². The van der Waals surface area contributed by atoms with E-state index in [4.69, 9.17) is 0 Å². The van der Waals surface area contributed by atoms with Crippen molar-refractivity contribution < 1.29 is 17.2 Å². The maximum absolute atomic E-state index is 3.94. The summed E-state index contributed by atoms with van der Waals surface area (Å²) in [5, 5.41) is 0. The van der Waals surface area contributed by atoms with E-state index in [-0.39, 0.29) is 17.2 Å². The normalized spacial score (nSPS) is 10.5. The molecule has 0 bridgehead atoms. The van der Waals surface area contributed by atoms with Crippen LogP contribution in [-0.2, 0) is 0 Å². The van der Waals surface area contributed by atoms with Gasteiger partial charge in [0.1, 0.15) is 0 Å². The minimum atomic E-state index is 0.0926. The molecule has 0 amide bonds. The third-order valence-electron chi connectivity index (χ3n) is 1.05. The molecule has 0 aliphatic heterocycles. The van der Waals surface area contributed by atoms with Crippen LogP contribution >= 0.6 is 18.6 Å². The second kappa shape index (κ2) is 6.05. The van der Waals surface area contributed by atoms with Gasteiger partial charge in [0.25, 0.3) is 0 Å². The Hall–Kier alpha value is 0.480. The molecule has 0 unspecified atom stereocenters. The molecule has 0 heterocycles. The van der Waals surface area contributed by atoms with Crippen LogP contribution in [0.25, 0.3) is 0 Å². The van der Waals surface area contributed by atoms with Crippen LogP contribution in [-0.4, -0.2) is 11.9 Å². The Morgan fingerprint density at radius 1 is 1.55 bits per heavy atom. The third-order valence-corrected chi connectivity index (χ3v) is 5.44. The number of hydrogen-bond acceptors (Lipinski definition) is 1. The fourth-order valence-electron chi connectivity index (χ4n) is 0.370. The number of nitrogens with zero attached hydrogens (tertiary/aromatic N) is 1. The first-order valence-electron chi connectivity index (χ1n) is 3.09. The summed E-state index contributed by atoms with van der Waals surface area (Å²) >= 11 is 2.49. The van der Waals surface area contributed by atoms with Crippen molar-refractivity contribution in [2.45, 2.75) is 6.92 Å². The molecule has 0 atom stereocenters.